The normalized spacial score (nSPS) is 10.1. The van der Waals surface area contributed by atoms with E-state index >= 15 is 0 Å². The summed E-state index contributed by atoms with van der Waals surface area (Å²) in [4.78, 5) is 19.6. The summed E-state index contributed by atoms with van der Waals surface area (Å²) in [5, 5.41) is 1.95. The van der Waals surface area contributed by atoms with Gasteiger partial charge in [-0.1, -0.05) is 0 Å². The van der Waals surface area contributed by atoms with Crippen LogP contribution in [-0.2, 0) is 0 Å². The van der Waals surface area contributed by atoms with Gasteiger partial charge in [0, 0.05) is 16.0 Å². The molecule has 14 heavy (non-hydrogen) atoms. The maximum atomic E-state index is 10.5. The summed E-state index contributed by atoms with van der Waals surface area (Å²) in [5.74, 6) is 0.588. The molecule has 0 aliphatic rings. The van der Waals surface area contributed by atoms with Gasteiger partial charge in [0.15, 0.2) is 12.1 Å². The first kappa shape index (κ1) is 9.48. The predicted octanol–water partition coefficient (Wildman–Crippen LogP) is 2.78. The highest BCUT2D eigenvalue weighted by Crippen LogP contribution is 2.26. The van der Waals surface area contributed by atoms with Crippen LogP contribution in [-0.4, -0.2) is 16.3 Å². The van der Waals surface area contributed by atoms with E-state index < -0.39 is 0 Å². The van der Waals surface area contributed by atoms with Gasteiger partial charge in [-0.25, -0.2) is 9.97 Å². The van der Waals surface area contributed by atoms with E-state index in [1.165, 1.54) is 11.3 Å². The molecule has 0 radical (unpaired) electrons. The van der Waals surface area contributed by atoms with E-state index in [0.29, 0.717) is 17.8 Å². The highest BCUT2D eigenvalue weighted by Gasteiger charge is 2.04. The lowest BCUT2D eigenvalue weighted by molar-refractivity contribution is 0.111. The number of halogens is 1. The van der Waals surface area contributed by atoms with Crippen LogP contribution in [0.2, 0.25) is 0 Å². The molecule has 0 amide bonds. The fraction of sp³-hybridized carbons (Fsp3) is 0. The smallest absolute Gasteiger partial charge is 0.170 e. The number of nitrogens with zero attached hydrogens (tertiary/aromatic N) is 2. The molecular weight excluding hydrogens is 264 g/mol. The zero-order chi connectivity index (χ0) is 9.97. The SMILES string of the molecule is O=Cc1ccnc(-c2cc(Br)cs2)n1. The van der Waals surface area contributed by atoms with Gasteiger partial charge in [0.25, 0.3) is 0 Å². The maximum absolute atomic E-state index is 10.5. The van der Waals surface area contributed by atoms with Crippen molar-refractivity contribution in [3.8, 4) is 10.7 Å². The van der Waals surface area contributed by atoms with Gasteiger partial charge in [-0.3, -0.25) is 4.79 Å². The molecule has 0 N–H and O–H groups in total. The summed E-state index contributed by atoms with van der Waals surface area (Å²) in [6, 6.07) is 3.51. The molecule has 3 nitrogen and oxygen atoms in total. The second-order valence-electron chi connectivity index (χ2n) is 2.55. The van der Waals surface area contributed by atoms with Crippen LogP contribution in [0.25, 0.3) is 10.7 Å². The quantitative estimate of drug-likeness (QED) is 0.787. The van der Waals surface area contributed by atoms with Crippen LogP contribution in [0.3, 0.4) is 0 Å². The van der Waals surface area contributed by atoms with Crippen LogP contribution in [0.1, 0.15) is 10.5 Å². The van der Waals surface area contributed by atoms with Crippen LogP contribution in [0.4, 0.5) is 0 Å². The fourth-order valence-corrected chi connectivity index (χ4v) is 2.35. The topological polar surface area (TPSA) is 42.9 Å². The Morgan fingerprint density at radius 3 is 3.00 bits per heavy atom. The van der Waals surface area contributed by atoms with Gasteiger partial charge in [-0.2, -0.15) is 0 Å². The molecule has 0 atom stereocenters. The van der Waals surface area contributed by atoms with Crippen molar-refractivity contribution in [2.75, 3.05) is 0 Å². The number of aldehydes is 1. The van der Waals surface area contributed by atoms with Crippen LogP contribution in [0.15, 0.2) is 28.2 Å². The van der Waals surface area contributed by atoms with Crippen LogP contribution < -0.4 is 0 Å². The summed E-state index contributed by atoms with van der Waals surface area (Å²) < 4.78 is 0.998. The van der Waals surface area contributed by atoms with Crippen LogP contribution >= 0.6 is 27.3 Å². The molecule has 2 aromatic rings. The minimum atomic E-state index is 0.402. The van der Waals surface area contributed by atoms with Gasteiger partial charge in [-0.15, -0.1) is 11.3 Å². The fourth-order valence-electron chi connectivity index (χ4n) is 0.987. The van der Waals surface area contributed by atoms with Gasteiger partial charge in [0.05, 0.1) is 4.88 Å². The molecule has 2 heterocycles. The lowest BCUT2D eigenvalue weighted by Crippen LogP contribution is -1.91. The zero-order valence-electron chi connectivity index (χ0n) is 6.98. The van der Waals surface area contributed by atoms with E-state index in [1.54, 1.807) is 12.3 Å². The highest BCUT2D eigenvalue weighted by atomic mass is 79.9. The van der Waals surface area contributed by atoms with Crippen molar-refractivity contribution >= 4 is 33.6 Å². The van der Waals surface area contributed by atoms with Crippen molar-refractivity contribution in [2.24, 2.45) is 0 Å². The largest absolute Gasteiger partial charge is 0.296 e. The third-order valence-corrected chi connectivity index (χ3v) is 3.27. The molecule has 70 valence electrons. The molecule has 0 fully saturated rings. The van der Waals surface area contributed by atoms with Gasteiger partial charge in [-0.05, 0) is 28.1 Å². The van der Waals surface area contributed by atoms with Crippen molar-refractivity contribution in [3.05, 3.63) is 33.9 Å². The zero-order valence-corrected chi connectivity index (χ0v) is 9.38. The van der Waals surface area contributed by atoms with Crippen LogP contribution in [0, 0.1) is 0 Å². The molecule has 0 saturated carbocycles. The van der Waals surface area contributed by atoms with Gasteiger partial charge < -0.3 is 0 Å². The Morgan fingerprint density at radius 1 is 1.50 bits per heavy atom. The molecule has 2 rings (SSSR count). The first-order chi connectivity index (χ1) is 6.79. The Balaban J connectivity index is 2.46. The third-order valence-electron chi connectivity index (χ3n) is 1.59. The number of aromatic nitrogens is 2. The van der Waals surface area contributed by atoms with E-state index in [4.69, 9.17) is 0 Å². The number of hydrogen-bond donors (Lipinski definition) is 0. The van der Waals surface area contributed by atoms with Crippen LogP contribution in [0.5, 0.6) is 0 Å². The minimum Gasteiger partial charge on any atom is -0.296 e. The Bertz CT molecular complexity index is 469. The molecule has 0 saturated heterocycles. The Labute approximate surface area is 93.0 Å². The molecule has 0 spiro atoms. The molecule has 0 bridgehead atoms. The standard InChI is InChI=1S/C9H5BrN2OS/c10-6-3-8(14-5-6)9-11-2-1-7(4-13)12-9/h1-5H. The lowest BCUT2D eigenvalue weighted by Gasteiger charge is -1.94. The number of hydrogen-bond acceptors (Lipinski definition) is 4. The van der Waals surface area contributed by atoms with E-state index in [1.807, 2.05) is 11.4 Å². The maximum Gasteiger partial charge on any atom is 0.170 e. The molecule has 5 heteroatoms. The van der Waals surface area contributed by atoms with Gasteiger partial charge in [0.1, 0.15) is 5.69 Å². The van der Waals surface area contributed by atoms with Gasteiger partial charge >= 0.3 is 0 Å². The first-order valence-corrected chi connectivity index (χ1v) is 5.49. The summed E-state index contributed by atoms with van der Waals surface area (Å²) in [6.45, 7) is 0. The van der Waals surface area contributed by atoms with E-state index in [0.717, 1.165) is 9.35 Å². The van der Waals surface area contributed by atoms with E-state index in [2.05, 4.69) is 25.9 Å². The van der Waals surface area contributed by atoms with Gasteiger partial charge in [0.2, 0.25) is 0 Å². The summed E-state index contributed by atoms with van der Waals surface area (Å²) in [5.41, 5.74) is 0.402. The van der Waals surface area contributed by atoms with Crippen molar-refractivity contribution in [2.45, 2.75) is 0 Å². The summed E-state index contributed by atoms with van der Waals surface area (Å²) in [7, 11) is 0. The van der Waals surface area contributed by atoms with Crippen molar-refractivity contribution in [3.63, 3.8) is 0 Å². The summed E-state index contributed by atoms with van der Waals surface area (Å²) in [6.07, 6.45) is 2.30. The Hall–Kier alpha value is -1.07. The first-order valence-electron chi connectivity index (χ1n) is 3.82. The predicted molar refractivity (Wildman–Crippen MR) is 58.4 cm³/mol. The van der Waals surface area contributed by atoms with Crippen molar-refractivity contribution in [1.82, 2.24) is 9.97 Å². The summed E-state index contributed by atoms with van der Waals surface area (Å²) >= 11 is 4.88. The number of carbonyl (C=O) groups is 1. The third kappa shape index (κ3) is 1.88. The number of rotatable bonds is 2. The molecule has 0 aromatic carbocycles. The molecular formula is C9H5BrN2OS. The minimum absolute atomic E-state index is 0.402. The lowest BCUT2D eigenvalue weighted by atomic mass is 10.4. The second-order valence-corrected chi connectivity index (χ2v) is 4.38. The molecule has 2 aromatic heterocycles. The molecule has 0 unspecified atom stereocenters. The number of carbonyl (C=O) groups excluding carboxylic acids is 1. The Morgan fingerprint density at radius 2 is 2.36 bits per heavy atom. The number of thiophene rings is 1. The average molecular weight is 269 g/mol. The van der Waals surface area contributed by atoms with Crippen molar-refractivity contribution < 1.29 is 4.79 Å². The van der Waals surface area contributed by atoms with E-state index in [-0.39, 0.29) is 0 Å². The molecule has 0 aliphatic heterocycles. The molecule has 0 aliphatic carbocycles. The average Bonchev–Trinajstić information content (AvgIpc) is 2.65. The highest BCUT2D eigenvalue weighted by molar-refractivity contribution is 9.10. The second kappa shape index (κ2) is 3.98. The Kier molecular flexibility index (Phi) is 2.69. The van der Waals surface area contributed by atoms with Crippen molar-refractivity contribution in [1.29, 1.82) is 0 Å². The van der Waals surface area contributed by atoms with E-state index in [9.17, 15) is 4.79 Å². The monoisotopic (exact) mass is 268 g/mol.